The number of rotatable bonds is 2. The molecule has 0 amide bonds. The van der Waals surface area contributed by atoms with Gasteiger partial charge in [0.2, 0.25) is 5.89 Å². The van der Waals surface area contributed by atoms with Gasteiger partial charge in [-0.15, -0.1) is 0 Å². The number of hydrogen-bond donors (Lipinski definition) is 1. The zero-order chi connectivity index (χ0) is 9.97. The van der Waals surface area contributed by atoms with Crippen LogP contribution in [-0.2, 0) is 6.42 Å². The molecule has 1 heterocycles. The molecule has 0 aliphatic heterocycles. The SMILES string of the molecule is Nc1noc(Cc2cccc(Br)c2)n1. The third-order valence-corrected chi connectivity index (χ3v) is 2.22. The van der Waals surface area contributed by atoms with Gasteiger partial charge in [-0.25, -0.2) is 0 Å². The predicted molar refractivity (Wildman–Crippen MR) is 55.7 cm³/mol. The molecule has 0 fully saturated rings. The Kier molecular flexibility index (Phi) is 2.49. The van der Waals surface area contributed by atoms with Gasteiger partial charge in [0, 0.05) is 4.47 Å². The van der Waals surface area contributed by atoms with Gasteiger partial charge in [0.15, 0.2) is 0 Å². The van der Waals surface area contributed by atoms with Crippen LogP contribution in [0.5, 0.6) is 0 Å². The fourth-order valence-corrected chi connectivity index (χ4v) is 1.61. The van der Waals surface area contributed by atoms with Crippen molar-refractivity contribution in [3.05, 3.63) is 40.2 Å². The van der Waals surface area contributed by atoms with Crippen LogP contribution in [0.25, 0.3) is 0 Å². The first kappa shape index (κ1) is 9.21. The van der Waals surface area contributed by atoms with E-state index in [1.165, 1.54) is 0 Å². The summed E-state index contributed by atoms with van der Waals surface area (Å²) in [6.45, 7) is 0. The highest BCUT2D eigenvalue weighted by Crippen LogP contribution is 2.14. The molecule has 0 aliphatic rings. The third-order valence-electron chi connectivity index (χ3n) is 1.73. The first-order chi connectivity index (χ1) is 6.74. The molecule has 2 rings (SSSR count). The molecule has 4 nitrogen and oxygen atoms in total. The summed E-state index contributed by atoms with van der Waals surface area (Å²) >= 11 is 3.39. The Bertz CT molecular complexity index is 441. The lowest BCUT2D eigenvalue weighted by Gasteiger charge is -1.96. The maximum atomic E-state index is 5.34. The Hall–Kier alpha value is -1.36. The smallest absolute Gasteiger partial charge is 0.260 e. The molecule has 0 saturated heterocycles. The molecular weight excluding hydrogens is 246 g/mol. The first-order valence-corrected chi connectivity index (χ1v) is 4.86. The summed E-state index contributed by atoms with van der Waals surface area (Å²) in [6, 6.07) is 7.91. The Morgan fingerprint density at radius 2 is 2.29 bits per heavy atom. The zero-order valence-corrected chi connectivity index (χ0v) is 8.86. The number of aromatic nitrogens is 2. The Balaban J connectivity index is 2.18. The van der Waals surface area contributed by atoms with E-state index in [1.54, 1.807) is 0 Å². The Morgan fingerprint density at radius 1 is 1.43 bits per heavy atom. The number of anilines is 1. The topological polar surface area (TPSA) is 64.9 Å². The van der Waals surface area contributed by atoms with Gasteiger partial charge in [-0.1, -0.05) is 28.1 Å². The van der Waals surface area contributed by atoms with Crippen molar-refractivity contribution < 1.29 is 4.52 Å². The fraction of sp³-hybridized carbons (Fsp3) is 0.111. The van der Waals surface area contributed by atoms with E-state index in [2.05, 4.69) is 26.1 Å². The summed E-state index contributed by atoms with van der Waals surface area (Å²) in [5.41, 5.74) is 6.44. The largest absolute Gasteiger partial charge is 0.365 e. The lowest BCUT2D eigenvalue weighted by molar-refractivity contribution is 0.386. The van der Waals surface area contributed by atoms with Crippen LogP contribution in [0, 0.1) is 0 Å². The van der Waals surface area contributed by atoms with Gasteiger partial charge in [-0.3, -0.25) is 0 Å². The highest BCUT2D eigenvalue weighted by atomic mass is 79.9. The molecule has 2 aromatic rings. The van der Waals surface area contributed by atoms with Gasteiger partial charge in [0.25, 0.3) is 5.95 Å². The van der Waals surface area contributed by atoms with Gasteiger partial charge in [0.1, 0.15) is 0 Å². The van der Waals surface area contributed by atoms with Crippen molar-refractivity contribution in [3.8, 4) is 0 Å². The van der Waals surface area contributed by atoms with Crippen molar-refractivity contribution >= 4 is 21.9 Å². The highest BCUT2D eigenvalue weighted by Gasteiger charge is 2.04. The van der Waals surface area contributed by atoms with Gasteiger partial charge < -0.3 is 10.3 Å². The lowest BCUT2D eigenvalue weighted by Crippen LogP contribution is -1.90. The Morgan fingerprint density at radius 3 is 2.93 bits per heavy atom. The number of nitrogens with two attached hydrogens (primary N) is 1. The summed E-state index contributed by atoms with van der Waals surface area (Å²) in [6.07, 6.45) is 0.601. The molecule has 0 unspecified atom stereocenters. The second-order valence-corrected chi connectivity index (χ2v) is 3.77. The number of hydrogen-bond acceptors (Lipinski definition) is 4. The van der Waals surface area contributed by atoms with Crippen LogP contribution < -0.4 is 5.73 Å². The molecule has 0 spiro atoms. The minimum Gasteiger partial charge on any atom is -0.365 e. The third kappa shape index (κ3) is 2.11. The van der Waals surface area contributed by atoms with Gasteiger partial charge in [-0.05, 0) is 22.9 Å². The lowest BCUT2D eigenvalue weighted by atomic mass is 10.1. The molecule has 14 heavy (non-hydrogen) atoms. The minimum atomic E-state index is 0.176. The molecule has 72 valence electrons. The molecule has 0 radical (unpaired) electrons. The standard InChI is InChI=1S/C9H8BrN3O/c10-7-3-1-2-6(4-7)5-8-12-9(11)13-14-8/h1-4H,5H2,(H2,11,13). The van der Waals surface area contributed by atoms with Gasteiger partial charge >= 0.3 is 0 Å². The quantitative estimate of drug-likeness (QED) is 0.890. The number of benzene rings is 1. The predicted octanol–water partition coefficient (Wildman–Crippen LogP) is 2.01. The minimum absolute atomic E-state index is 0.176. The summed E-state index contributed by atoms with van der Waals surface area (Å²) in [4.78, 5) is 3.92. The van der Waals surface area contributed by atoms with Crippen molar-refractivity contribution in [1.29, 1.82) is 0 Å². The van der Waals surface area contributed by atoms with E-state index in [4.69, 9.17) is 10.3 Å². The van der Waals surface area contributed by atoms with Crippen molar-refractivity contribution in [2.45, 2.75) is 6.42 Å². The van der Waals surface area contributed by atoms with Crippen LogP contribution in [0.15, 0.2) is 33.3 Å². The van der Waals surface area contributed by atoms with Crippen LogP contribution in [-0.4, -0.2) is 10.1 Å². The molecule has 0 aliphatic carbocycles. The average molecular weight is 254 g/mol. The summed E-state index contributed by atoms with van der Waals surface area (Å²) in [5, 5.41) is 3.52. The van der Waals surface area contributed by atoms with Crippen LogP contribution in [0.4, 0.5) is 5.95 Å². The maximum Gasteiger partial charge on any atom is 0.260 e. The first-order valence-electron chi connectivity index (χ1n) is 4.06. The van der Waals surface area contributed by atoms with E-state index in [-0.39, 0.29) is 5.95 Å². The van der Waals surface area contributed by atoms with E-state index < -0.39 is 0 Å². The zero-order valence-electron chi connectivity index (χ0n) is 7.27. The van der Waals surface area contributed by atoms with E-state index in [0.717, 1.165) is 10.0 Å². The van der Waals surface area contributed by atoms with E-state index in [1.807, 2.05) is 24.3 Å². The monoisotopic (exact) mass is 253 g/mol. The number of nitrogen functional groups attached to an aromatic ring is 1. The molecule has 1 aromatic carbocycles. The maximum absolute atomic E-state index is 5.34. The number of nitrogens with zero attached hydrogens (tertiary/aromatic N) is 2. The van der Waals surface area contributed by atoms with Crippen molar-refractivity contribution in [2.24, 2.45) is 0 Å². The van der Waals surface area contributed by atoms with Crippen molar-refractivity contribution in [1.82, 2.24) is 10.1 Å². The second kappa shape index (κ2) is 3.79. The van der Waals surface area contributed by atoms with Crippen LogP contribution >= 0.6 is 15.9 Å². The molecule has 5 heteroatoms. The second-order valence-electron chi connectivity index (χ2n) is 2.85. The molecule has 0 bridgehead atoms. The fourth-order valence-electron chi connectivity index (χ4n) is 1.16. The molecular formula is C9H8BrN3O. The average Bonchev–Trinajstić information content (AvgIpc) is 2.51. The molecule has 0 atom stereocenters. The summed E-state index contributed by atoms with van der Waals surface area (Å²) in [5.74, 6) is 0.704. The Labute approximate surface area is 89.2 Å². The molecule has 0 saturated carbocycles. The molecule has 2 N–H and O–H groups in total. The van der Waals surface area contributed by atoms with E-state index in [9.17, 15) is 0 Å². The van der Waals surface area contributed by atoms with Crippen molar-refractivity contribution in [2.75, 3.05) is 5.73 Å². The van der Waals surface area contributed by atoms with E-state index >= 15 is 0 Å². The molecule has 1 aromatic heterocycles. The van der Waals surface area contributed by atoms with Crippen LogP contribution in [0.2, 0.25) is 0 Å². The highest BCUT2D eigenvalue weighted by molar-refractivity contribution is 9.10. The van der Waals surface area contributed by atoms with Crippen LogP contribution in [0.1, 0.15) is 11.5 Å². The van der Waals surface area contributed by atoms with Crippen LogP contribution in [0.3, 0.4) is 0 Å². The van der Waals surface area contributed by atoms with E-state index in [0.29, 0.717) is 12.3 Å². The van der Waals surface area contributed by atoms with Gasteiger partial charge in [-0.2, -0.15) is 4.98 Å². The normalized spacial score (nSPS) is 10.4. The van der Waals surface area contributed by atoms with Gasteiger partial charge in [0.05, 0.1) is 6.42 Å². The number of halogens is 1. The summed E-state index contributed by atoms with van der Waals surface area (Å²) in [7, 11) is 0. The van der Waals surface area contributed by atoms with Crippen molar-refractivity contribution in [3.63, 3.8) is 0 Å². The summed E-state index contributed by atoms with van der Waals surface area (Å²) < 4.78 is 5.94.